The molecular weight excluding hydrogens is 301 g/mol. The standard InChI is InChI=1S/C12H11BrFN3O/c1-7(2)17-5-8(6-18)11(16-17)12-10(14)3-9(13)4-15-12/h3-7H,1-2H3. The number of halogens is 2. The van der Waals surface area contributed by atoms with Gasteiger partial charge < -0.3 is 0 Å². The van der Waals surface area contributed by atoms with Gasteiger partial charge >= 0.3 is 0 Å². The van der Waals surface area contributed by atoms with E-state index in [9.17, 15) is 9.18 Å². The van der Waals surface area contributed by atoms with Gasteiger partial charge in [-0.3, -0.25) is 14.5 Å². The molecule has 0 unspecified atom stereocenters. The Balaban J connectivity index is 2.59. The largest absolute Gasteiger partial charge is 0.298 e. The van der Waals surface area contributed by atoms with Crippen molar-refractivity contribution in [2.75, 3.05) is 0 Å². The molecule has 6 heteroatoms. The number of hydrogen-bond donors (Lipinski definition) is 0. The molecule has 2 rings (SSSR count). The molecule has 0 aliphatic heterocycles. The zero-order valence-electron chi connectivity index (χ0n) is 9.89. The Morgan fingerprint density at radius 1 is 1.44 bits per heavy atom. The van der Waals surface area contributed by atoms with Crippen molar-refractivity contribution < 1.29 is 9.18 Å². The highest BCUT2D eigenvalue weighted by Gasteiger charge is 2.17. The quantitative estimate of drug-likeness (QED) is 0.818. The molecule has 94 valence electrons. The topological polar surface area (TPSA) is 47.8 Å². The van der Waals surface area contributed by atoms with Gasteiger partial charge in [-0.15, -0.1) is 0 Å². The molecule has 0 N–H and O–H groups in total. The van der Waals surface area contributed by atoms with Gasteiger partial charge in [0.1, 0.15) is 11.4 Å². The number of rotatable bonds is 3. The molecule has 0 fully saturated rings. The first kappa shape index (κ1) is 12.9. The van der Waals surface area contributed by atoms with Crippen LogP contribution < -0.4 is 0 Å². The van der Waals surface area contributed by atoms with E-state index in [0.29, 0.717) is 16.3 Å². The lowest BCUT2D eigenvalue weighted by Gasteiger charge is -2.03. The molecule has 4 nitrogen and oxygen atoms in total. The van der Waals surface area contributed by atoms with Crippen LogP contribution >= 0.6 is 15.9 Å². The predicted octanol–water partition coefficient (Wildman–Crippen LogP) is 3.24. The number of pyridine rings is 1. The maximum atomic E-state index is 13.8. The first-order valence-corrected chi connectivity index (χ1v) is 6.18. The van der Waals surface area contributed by atoms with Gasteiger partial charge in [-0.2, -0.15) is 5.10 Å². The van der Waals surface area contributed by atoms with E-state index in [1.807, 2.05) is 13.8 Å². The number of aldehydes is 1. The van der Waals surface area contributed by atoms with E-state index in [1.165, 1.54) is 12.3 Å². The first-order chi connectivity index (χ1) is 8.52. The van der Waals surface area contributed by atoms with E-state index in [4.69, 9.17) is 0 Å². The Labute approximate surface area is 112 Å². The van der Waals surface area contributed by atoms with Gasteiger partial charge in [0.2, 0.25) is 0 Å². The predicted molar refractivity (Wildman–Crippen MR) is 68.9 cm³/mol. The summed E-state index contributed by atoms with van der Waals surface area (Å²) in [5.41, 5.74) is 0.681. The molecular formula is C12H11BrFN3O. The van der Waals surface area contributed by atoms with E-state index < -0.39 is 5.82 Å². The first-order valence-electron chi connectivity index (χ1n) is 5.38. The second kappa shape index (κ2) is 4.97. The molecule has 0 saturated heterocycles. The van der Waals surface area contributed by atoms with Crippen LogP contribution in [0.5, 0.6) is 0 Å². The number of carbonyl (C=O) groups excluding carboxylic acids is 1. The third kappa shape index (κ3) is 2.33. The van der Waals surface area contributed by atoms with Crippen LogP contribution in [0, 0.1) is 5.82 Å². The van der Waals surface area contributed by atoms with Gasteiger partial charge in [-0.25, -0.2) is 4.39 Å². The monoisotopic (exact) mass is 311 g/mol. The minimum Gasteiger partial charge on any atom is -0.298 e. The second-order valence-electron chi connectivity index (χ2n) is 4.11. The van der Waals surface area contributed by atoms with E-state index >= 15 is 0 Å². The summed E-state index contributed by atoms with van der Waals surface area (Å²) in [4.78, 5) is 15.0. The van der Waals surface area contributed by atoms with Crippen LogP contribution in [0.4, 0.5) is 4.39 Å². The molecule has 0 radical (unpaired) electrons. The van der Waals surface area contributed by atoms with Gasteiger partial charge in [0.15, 0.2) is 12.1 Å². The summed E-state index contributed by atoms with van der Waals surface area (Å²) in [6.07, 6.45) is 3.72. The summed E-state index contributed by atoms with van der Waals surface area (Å²) in [7, 11) is 0. The third-order valence-corrected chi connectivity index (χ3v) is 2.88. The average molecular weight is 312 g/mol. The van der Waals surface area contributed by atoms with E-state index in [-0.39, 0.29) is 17.4 Å². The molecule has 0 aliphatic carbocycles. The Kier molecular flexibility index (Phi) is 3.56. The summed E-state index contributed by atoms with van der Waals surface area (Å²) in [6.45, 7) is 3.85. The van der Waals surface area contributed by atoms with Gasteiger partial charge in [0, 0.05) is 22.9 Å². The second-order valence-corrected chi connectivity index (χ2v) is 5.02. The fourth-order valence-electron chi connectivity index (χ4n) is 1.53. The third-order valence-electron chi connectivity index (χ3n) is 2.45. The highest BCUT2D eigenvalue weighted by atomic mass is 79.9. The molecule has 0 aromatic carbocycles. The summed E-state index contributed by atoms with van der Waals surface area (Å²) in [5, 5.41) is 4.21. The zero-order chi connectivity index (χ0) is 13.3. The highest BCUT2D eigenvalue weighted by molar-refractivity contribution is 9.10. The molecule has 18 heavy (non-hydrogen) atoms. The van der Waals surface area contributed by atoms with Gasteiger partial charge in [-0.05, 0) is 35.8 Å². The number of hydrogen-bond acceptors (Lipinski definition) is 3. The summed E-state index contributed by atoms with van der Waals surface area (Å²) < 4.78 is 16.0. The summed E-state index contributed by atoms with van der Waals surface area (Å²) in [5.74, 6) is -0.513. The van der Waals surface area contributed by atoms with Crippen molar-refractivity contribution in [1.29, 1.82) is 0 Å². The molecule has 2 aromatic rings. The smallest absolute Gasteiger partial charge is 0.153 e. The molecule has 0 saturated carbocycles. The maximum absolute atomic E-state index is 13.8. The van der Waals surface area contributed by atoms with Gasteiger partial charge in [-0.1, -0.05) is 0 Å². The van der Waals surface area contributed by atoms with Crippen molar-refractivity contribution in [3.05, 3.63) is 34.3 Å². The van der Waals surface area contributed by atoms with Crippen LogP contribution in [-0.2, 0) is 0 Å². The SMILES string of the molecule is CC(C)n1cc(C=O)c(-c2ncc(Br)cc2F)n1. The fourth-order valence-corrected chi connectivity index (χ4v) is 1.83. The molecule has 0 amide bonds. The summed E-state index contributed by atoms with van der Waals surface area (Å²) in [6, 6.07) is 1.39. The minimum absolute atomic E-state index is 0.0831. The van der Waals surface area contributed by atoms with Crippen LogP contribution in [0.25, 0.3) is 11.4 Å². The molecule has 0 aliphatic rings. The normalized spacial score (nSPS) is 10.9. The lowest BCUT2D eigenvalue weighted by molar-refractivity contribution is 0.112. The Bertz CT molecular complexity index is 595. The molecule has 0 spiro atoms. The van der Waals surface area contributed by atoms with E-state index in [2.05, 4.69) is 26.0 Å². The van der Waals surface area contributed by atoms with E-state index in [1.54, 1.807) is 10.9 Å². The van der Waals surface area contributed by atoms with Crippen molar-refractivity contribution in [2.24, 2.45) is 0 Å². The Morgan fingerprint density at radius 3 is 2.72 bits per heavy atom. The van der Waals surface area contributed by atoms with Crippen molar-refractivity contribution in [2.45, 2.75) is 19.9 Å². The van der Waals surface area contributed by atoms with Crippen molar-refractivity contribution in [3.8, 4) is 11.4 Å². The van der Waals surface area contributed by atoms with Crippen LogP contribution in [0.1, 0.15) is 30.2 Å². The van der Waals surface area contributed by atoms with Crippen LogP contribution in [0.2, 0.25) is 0 Å². The summed E-state index contributed by atoms with van der Waals surface area (Å²) >= 11 is 3.14. The minimum atomic E-state index is -0.513. The Hall–Kier alpha value is -1.56. The van der Waals surface area contributed by atoms with Crippen molar-refractivity contribution >= 4 is 22.2 Å². The molecule has 2 aromatic heterocycles. The maximum Gasteiger partial charge on any atom is 0.153 e. The number of nitrogens with zero attached hydrogens (tertiary/aromatic N) is 3. The fraction of sp³-hybridized carbons (Fsp3) is 0.250. The number of carbonyl (C=O) groups is 1. The van der Waals surface area contributed by atoms with Crippen molar-refractivity contribution in [1.82, 2.24) is 14.8 Å². The Morgan fingerprint density at radius 2 is 2.17 bits per heavy atom. The number of aromatic nitrogens is 3. The van der Waals surface area contributed by atoms with Crippen molar-refractivity contribution in [3.63, 3.8) is 0 Å². The molecule has 0 atom stereocenters. The van der Waals surface area contributed by atoms with Crippen LogP contribution in [0.3, 0.4) is 0 Å². The van der Waals surface area contributed by atoms with Crippen LogP contribution in [-0.4, -0.2) is 21.1 Å². The van der Waals surface area contributed by atoms with E-state index in [0.717, 1.165) is 0 Å². The highest BCUT2D eigenvalue weighted by Crippen LogP contribution is 2.24. The lowest BCUT2D eigenvalue weighted by atomic mass is 10.2. The van der Waals surface area contributed by atoms with Crippen LogP contribution in [0.15, 0.2) is 22.9 Å². The lowest BCUT2D eigenvalue weighted by Crippen LogP contribution is -2.01. The average Bonchev–Trinajstić information content (AvgIpc) is 2.73. The zero-order valence-corrected chi connectivity index (χ0v) is 11.5. The van der Waals surface area contributed by atoms with Gasteiger partial charge in [0.25, 0.3) is 0 Å². The van der Waals surface area contributed by atoms with Gasteiger partial charge in [0.05, 0.1) is 5.56 Å². The molecule has 0 bridgehead atoms. The molecule has 2 heterocycles.